The Balaban J connectivity index is 0.000000791. The van der Waals surface area contributed by atoms with Crippen molar-refractivity contribution in [2.45, 2.75) is 47.0 Å². The summed E-state index contributed by atoms with van der Waals surface area (Å²) in [7, 11) is 0. The molecule has 1 saturated carbocycles. The van der Waals surface area contributed by atoms with Gasteiger partial charge in [-0.1, -0.05) is 51.2 Å². The van der Waals surface area contributed by atoms with E-state index in [1.54, 1.807) is 0 Å². The molecule has 0 unspecified atom stereocenters. The Kier molecular flexibility index (Phi) is 8.31. The number of hydrogen-bond donors (Lipinski definition) is 0. The minimum absolute atomic E-state index is 0.893. The van der Waals surface area contributed by atoms with Gasteiger partial charge in [0.15, 0.2) is 0 Å². The van der Waals surface area contributed by atoms with Crippen molar-refractivity contribution in [3.05, 3.63) is 36.0 Å². The molecule has 0 saturated heterocycles. The number of hydrogen-bond acceptors (Lipinski definition) is 0. The molecule has 0 aliphatic heterocycles. The van der Waals surface area contributed by atoms with Crippen LogP contribution in [-0.4, -0.2) is 0 Å². The van der Waals surface area contributed by atoms with Gasteiger partial charge in [0, 0.05) is 0 Å². The lowest BCUT2D eigenvalue weighted by Crippen LogP contribution is -1.72. The monoisotopic (exact) mass is 192 g/mol. The number of rotatable bonds is 4. The molecule has 0 aromatic rings. The Labute approximate surface area is 89.4 Å². The Hall–Kier alpha value is -0.780. The van der Waals surface area contributed by atoms with Gasteiger partial charge < -0.3 is 0 Å². The third-order valence-corrected chi connectivity index (χ3v) is 2.10. The van der Waals surface area contributed by atoms with Crippen LogP contribution in [0.25, 0.3) is 0 Å². The van der Waals surface area contributed by atoms with Gasteiger partial charge in [-0.05, 0) is 37.7 Å². The Bertz CT molecular complexity index is 202. The Morgan fingerprint density at radius 3 is 2.36 bits per heavy atom. The summed E-state index contributed by atoms with van der Waals surface area (Å²) in [6, 6.07) is 0. The van der Waals surface area contributed by atoms with E-state index in [1.807, 2.05) is 13.8 Å². The minimum atomic E-state index is 0.893. The van der Waals surface area contributed by atoms with Crippen molar-refractivity contribution in [2.24, 2.45) is 5.92 Å². The van der Waals surface area contributed by atoms with Gasteiger partial charge in [-0.3, -0.25) is 0 Å². The van der Waals surface area contributed by atoms with Crippen LogP contribution in [0, 0.1) is 5.92 Å². The lowest BCUT2D eigenvalue weighted by atomic mass is 10.1. The molecule has 1 rings (SSSR count). The lowest BCUT2D eigenvalue weighted by molar-refractivity contribution is 1.12. The minimum Gasteiger partial charge on any atom is -0.0874 e. The molecule has 0 heteroatoms. The molecule has 1 fully saturated rings. The maximum atomic E-state index is 2.32. The van der Waals surface area contributed by atoms with E-state index >= 15 is 0 Å². The van der Waals surface area contributed by atoms with E-state index in [0.29, 0.717) is 0 Å². The molecule has 0 radical (unpaired) electrons. The van der Waals surface area contributed by atoms with Crippen LogP contribution in [0.15, 0.2) is 36.0 Å². The predicted octanol–water partition coefficient (Wildman–Crippen LogP) is 4.89. The summed E-state index contributed by atoms with van der Waals surface area (Å²) >= 11 is 0. The first-order valence-corrected chi connectivity index (χ1v) is 5.87. The van der Waals surface area contributed by atoms with Crippen molar-refractivity contribution in [3.63, 3.8) is 0 Å². The van der Waals surface area contributed by atoms with E-state index in [4.69, 9.17) is 0 Å². The summed E-state index contributed by atoms with van der Waals surface area (Å²) in [6.07, 6.45) is 14.9. The predicted molar refractivity (Wildman–Crippen MR) is 66.4 cm³/mol. The van der Waals surface area contributed by atoms with Crippen LogP contribution in [0.2, 0.25) is 0 Å². The van der Waals surface area contributed by atoms with Gasteiger partial charge >= 0.3 is 0 Å². The zero-order valence-electron chi connectivity index (χ0n) is 10.1. The van der Waals surface area contributed by atoms with Gasteiger partial charge in [0.05, 0.1) is 0 Å². The average molecular weight is 192 g/mol. The molecule has 0 heterocycles. The fourth-order valence-electron chi connectivity index (χ4n) is 1.13. The quantitative estimate of drug-likeness (QED) is 0.556. The topological polar surface area (TPSA) is 0 Å². The highest BCUT2D eigenvalue weighted by Crippen LogP contribution is 2.30. The smallest absolute Gasteiger partial charge is 0.0230 e. The molecule has 0 N–H and O–H groups in total. The summed E-state index contributed by atoms with van der Waals surface area (Å²) in [5.74, 6) is 0.893. The van der Waals surface area contributed by atoms with Crippen molar-refractivity contribution in [1.82, 2.24) is 0 Å². The summed E-state index contributed by atoms with van der Waals surface area (Å²) in [4.78, 5) is 0. The highest BCUT2D eigenvalue weighted by Gasteiger charge is 2.16. The van der Waals surface area contributed by atoms with Crippen LogP contribution >= 0.6 is 0 Å². The molecule has 0 aromatic carbocycles. The van der Waals surface area contributed by atoms with Gasteiger partial charge in [0.25, 0.3) is 0 Å². The number of allylic oxidation sites excluding steroid dienone is 6. The van der Waals surface area contributed by atoms with Gasteiger partial charge in [0.2, 0.25) is 0 Å². The fraction of sp³-hybridized carbons (Fsp3) is 0.571. The summed E-state index contributed by atoms with van der Waals surface area (Å²) < 4.78 is 0. The van der Waals surface area contributed by atoms with E-state index in [1.165, 1.54) is 18.4 Å². The molecule has 80 valence electrons. The molecule has 0 spiro atoms. The fourth-order valence-corrected chi connectivity index (χ4v) is 1.13. The maximum Gasteiger partial charge on any atom is -0.0230 e. The van der Waals surface area contributed by atoms with Gasteiger partial charge in [0.1, 0.15) is 0 Å². The van der Waals surface area contributed by atoms with Gasteiger partial charge in [-0.25, -0.2) is 0 Å². The second kappa shape index (κ2) is 8.80. The van der Waals surface area contributed by atoms with Crippen LogP contribution in [0.1, 0.15) is 47.0 Å². The first kappa shape index (κ1) is 13.2. The van der Waals surface area contributed by atoms with E-state index < -0.39 is 0 Å². The molecule has 0 atom stereocenters. The van der Waals surface area contributed by atoms with Crippen molar-refractivity contribution in [1.29, 1.82) is 0 Å². The van der Waals surface area contributed by atoms with E-state index in [2.05, 4.69) is 44.2 Å². The second-order valence-corrected chi connectivity index (χ2v) is 3.32. The lowest BCUT2D eigenvalue weighted by Gasteiger charge is -1.92. The zero-order valence-corrected chi connectivity index (χ0v) is 10.1. The molecule has 14 heavy (non-hydrogen) atoms. The van der Waals surface area contributed by atoms with Crippen molar-refractivity contribution < 1.29 is 0 Å². The normalized spacial score (nSPS) is 17.3. The van der Waals surface area contributed by atoms with Gasteiger partial charge in [-0.2, -0.15) is 0 Å². The summed E-state index contributed by atoms with van der Waals surface area (Å²) in [6.45, 7) is 8.25. The van der Waals surface area contributed by atoms with Crippen molar-refractivity contribution in [3.8, 4) is 0 Å². The molecule has 0 aromatic heterocycles. The molecule has 1 aliphatic rings. The summed E-state index contributed by atoms with van der Waals surface area (Å²) in [5, 5.41) is 0. The zero-order chi connectivity index (χ0) is 10.8. The Morgan fingerprint density at radius 1 is 1.29 bits per heavy atom. The maximum absolute atomic E-state index is 2.32. The molecular formula is C14H24. The van der Waals surface area contributed by atoms with Gasteiger partial charge in [-0.15, -0.1) is 0 Å². The largest absolute Gasteiger partial charge is 0.0874 e. The van der Waals surface area contributed by atoms with Crippen LogP contribution in [0.4, 0.5) is 0 Å². The van der Waals surface area contributed by atoms with Crippen LogP contribution < -0.4 is 0 Å². The van der Waals surface area contributed by atoms with Crippen molar-refractivity contribution >= 4 is 0 Å². The highest BCUT2D eigenvalue weighted by atomic mass is 14.2. The molecular weight excluding hydrogens is 168 g/mol. The van der Waals surface area contributed by atoms with Crippen molar-refractivity contribution in [2.75, 3.05) is 0 Å². The highest BCUT2D eigenvalue weighted by molar-refractivity contribution is 5.23. The standard InChI is InChI=1S/C12H18.C2H6/c1-3-6-11(4-2)7-5-8-12-9-10-12;1-2/h3,5-8,12H,4,9-10H2,1-2H3;1-2H3/b6-3+,8-5+,11-7-;. The molecule has 0 nitrogen and oxygen atoms in total. The van der Waals surface area contributed by atoms with Crippen LogP contribution in [0.3, 0.4) is 0 Å². The summed E-state index contributed by atoms with van der Waals surface area (Å²) in [5.41, 5.74) is 1.41. The molecule has 0 amide bonds. The molecule has 0 bridgehead atoms. The Morgan fingerprint density at radius 2 is 1.93 bits per heavy atom. The SMILES string of the molecule is C/C=C/C(=C\C=C\C1CC1)CC.CC. The van der Waals surface area contributed by atoms with E-state index in [0.717, 1.165) is 12.3 Å². The first-order chi connectivity index (χ1) is 6.86. The second-order valence-electron chi connectivity index (χ2n) is 3.32. The average Bonchev–Trinajstić information content (AvgIpc) is 3.03. The molecule has 1 aliphatic carbocycles. The van der Waals surface area contributed by atoms with Crippen LogP contribution in [-0.2, 0) is 0 Å². The third-order valence-electron chi connectivity index (χ3n) is 2.10. The van der Waals surface area contributed by atoms with Crippen LogP contribution in [0.5, 0.6) is 0 Å². The van der Waals surface area contributed by atoms with E-state index in [9.17, 15) is 0 Å². The third kappa shape index (κ3) is 6.71. The first-order valence-electron chi connectivity index (χ1n) is 5.87. The van der Waals surface area contributed by atoms with E-state index in [-0.39, 0.29) is 0 Å².